The van der Waals surface area contributed by atoms with Gasteiger partial charge in [0.25, 0.3) is 0 Å². The lowest BCUT2D eigenvalue weighted by Gasteiger charge is -2.15. The molecule has 5 heteroatoms. The van der Waals surface area contributed by atoms with Crippen LogP contribution in [0.5, 0.6) is 0 Å². The first-order valence-corrected chi connectivity index (χ1v) is 5.55. The second-order valence-corrected chi connectivity index (χ2v) is 4.56. The molecule has 0 amide bonds. The highest BCUT2D eigenvalue weighted by molar-refractivity contribution is 7.80. The summed E-state index contributed by atoms with van der Waals surface area (Å²) in [6.45, 7) is 2.96. The van der Waals surface area contributed by atoms with E-state index in [2.05, 4.69) is 16.0 Å². The Kier molecular flexibility index (Phi) is 3.00. The Hall–Kier alpha value is -0.830. The lowest BCUT2D eigenvalue weighted by Crippen LogP contribution is -2.25. The van der Waals surface area contributed by atoms with Gasteiger partial charge in [-0.05, 0) is 32.3 Å². The summed E-state index contributed by atoms with van der Waals surface area (Å²) in [6.07, 6.45) is 3.91. The van der Waals surface area contributed by atoms with Gasteiger partial charge in [-0.3, -0.25) is 4.55 Å². The Bertz CT molecular complexity index is 406. The average Bonchev–Trinajstić information content (AvgIpc) is 1.75. The standard InChI is InChI=1S/C9H12O4S/c1-9(2,13-14(10,11)12)7-6-8-4-3-5-8/h4H,3,5H2,1-2H3,(H,10,11,12). The van der Waals surface area contributed by atoms with Gasteiger partial charge in [0.1, 0.15) is 5.60 Å². The van der Waals surface area contributed by atoms with Crippen molar-refractivity contribution in [2.75, 3.05) is 0 Å². The maximum Gasteiger partial charge on any atom is 0.398 e. The van der Waals surface area contributed by atoms with Gasteiger partial charge in [-0.25, -0.2) is 4.18 Å². The highest BCUT2D eigenvalue weighted by Gasteiger charge is 2.22. The van der Waals surface area contributed by atoms with Crippen LogP contribution in [0.3, 0.4) is 0 Å². The minimum absolute atomic E-state index is 0.926. The van der Waals surface area contributed by atoms with Crippen LogP contribution >= 0.6 is 0 Å². The topological polar surface area (TPSA) is 63.6 Å². The maximum atomic E-state index is 10.4. The second kappa shape index (κ2) is 3.73. The van der Waals surface area contributed by atoms with Gasteiger partial charge in [0.2, 0.25) is 0 Å². The van der Waals surface area contributed by atoms with Gasteiger partial charge in [-0.2, -0.15) is 8.42 Å². The smallest absolute Gasteiger partial charge is 0.263 e. The van der Waals surface area contributed by atoms with E-state index in [-0.39, 0.29) is 0 Å². The zero-order chi connectivity index (χ0) is 10.8. The minimum atomic E-state index is -4.44. The van der Waals surface area contributed by atoms with Crippen LogP contribution in [-0.4, -0.2) is 18.6 Å². The van der Waals surface area contributed by atoms with E-state index in [9.17, 15) is 8.42 Å². The van der Waals surface area contributed by atoms with Crippen molar-refractivity contribution in [2.24, 2.45) is 0 Å². The molecule has 0 aliphatic heterocycles. The molecule has 0 aromatic carbocycles. The quantitative estimate of drug-likeness (QED) is 0.558. The molecule has 14 heavy (non-hydrogen) atoms. The van der Waals surface area contributed by atoms with E-state index in [0.717, 1.165) is 18.4 Å². The summed E-state index contributed by atoms with van der Waals surface area (Å²) >= 11 is 0. The molecule has 0 saturated carbocycles. The van der Waals surface area contributed by atoms with Crippen molar-refractivity contribution in [3.05, 3.63) is 11.6 Å². The molecule has 1 rings (SSSR count). The third-order valence-corrected chi connectivity index (χ3v) is 2.27. The fourth-order valence-corrected chi connectivity index (χ4v) is 1.49. The normalized spacial score (nSPS) is 16.4. The van der Waals surface area contributed by atoms with Crippen LogP contribution in [0.25, 0.3) is 0 Å². The summed E-state index contributed by atoms with van der Waals surface area (Å²) in [4.78, 5) is 0. The summed E-state index contributed by atoms with van der Waals surface area (Å²) in [5.41, 5.74) is -0.207. The SMILES string of the molecule is CC(C)(C#CC1=CCC1)OS(=O)(=O)O. The van der Waals surface area contributed by atoms with Crippen LogP contribution in [0, 0.1) is 11.8 Å². The molecule has 0 bridgehead atoms. The first-order valence-electron chi connectivity index (χ1n) is 4.19. The van der Waals surface area contributed by atoms with Gasteiger partial charge < -0.3 is 0 Å². The molecule has 0 spiro atoms. The maximum absolute atomic E-state index is 10.4. The minimum Gasteiger partial charge on any atom is -0.263 e. The summed E-state index contributed by atoms with van der Waals surface area (Å²) in [7, 11) is -4.44. The van der Waals surface area contributed by atoms with Crippen molar-refractivity contribution in [3.8, 4) is 11.8 Å². The van der Waals surface area contributed by atoms with Crippen molar-refractivity contribution in [3.63, 3.8) is 0 Å². The first-order chi connectivity index (χ1) is 6.29. The first kappa shape index (κ1) is 11.2. The summed E-state index contributed by atoms with van der Waals surface area (Å²) in [5.74, 6) is 5.43. The van der Waals surface area contributed by atoms with E-state index in [1.165, 1.54) is 13.8 Å². The number of hydrogen-bond donors (Lipinski definition) is 1. The van der Waals surface area contributed by atoms with Crippen molar-refractivity contribution in [1.82, 2.24) is 0 Å². The Morgan fingerprint density at radius 2 is 2.14 bits per heavy atom. The molecule has 0 saturated heterocycles. The van der Waals surface area contributed by atoms with E-state index < -0.39 is 16.0 Å². The molecule has 78 valence electrons. The van der Waals surface area contributed by atoms with Crippen LogP contribution in [0.1, 0.15) is 26.7 Å². The molecule has 1 aliphatic carbocycles. The van der Waals surface area contributed by atoms with Crippen LogP contribution in [0.2, 0.25) is 0 Å². The summed E-state index contributed by atoms with van der Waals surface area (Å²) in [6, 6.07) is 0. The van der Waals surface area contributed by atoms with E-state index in [0.29, 0.717) is 0 Å². The van der Waals surface area contributed by atoms with Gasteiger partial charge >= 0.3 is 10.4 Å². The van der Waals surface area contributed by atoms with Gasteiger partial charge in [-0.15, -0.1) is 0 Å². The molecule has 0 heterocycles. The molecule has 0 aromatic rings. The van der Waals surface area contributed by atoms with Crippen molar-refractivity contribution in [1.29, 1.82) is 0 Å². The zero-order valence-electron chi connectivity index (χ0n) is 8.07. The predicted molar refractivity (Wildman–Crippen MR) is 51.8 cm³/mol. The third kappa shape index (κ3) is 3.92. The molecular formula is C9H12O4S. The highest BCUT2D eigenvalue weighted by atomic mass is 32.3. The Morgan fingerprint density at radius 1 is 1.57 bits per heavy atom. The van der Waals surface area contributed by atoms with E-state index in [1.807, 2.05) is 6.08 Å². The number of hydrogen-bond acceptors (Lipinski definition) is 3. The fraction of sp³-hybridized carbons (Fsp3) is 0.556. The lowest BCUT2D eigenvalue weighted by atomic mass is 9.98. The molecule has 1 N–H and O–H groups in total. The Balaban J connectivity index is 2.68. The fourth-order valence-electron chi connectivity index (χ4n) is 0.917. The lowest BCUT2D eigenvalue weighted by molar-refractivity contribution is 0.155. The highest BCUT2D eigenvalue weighted by Crippen LogP contribution is 2.17. The van der Waals surface area contributed by atoms with E-state index >= 15 is 0 Å². The van der Waals surface area contributed by atoms with Crippen molar-refractivity contribution >= 4 is 10.4 Å². The monoisotopic (exact) mass is 216 g/mol. The summed E-state index contributed by atoms with van der Waals surface area (Å²) in [5, 5.41) is 0. The van der Waals surface area contributed by atoms with Crippen molar-refractivity contribution in [2.45, 2.75) is 32.3 Å². The van der Waals surface area contributed by atoms with Crippen LogP contribution < -0.4 is 0 Å². The number of rotatable bonds is 2. The van der Waals surface area contributed by atoms with Gasteiger partial charge in [0.15, 0.2) is 0 Å². The second-order valence-electron chi connectivity index (χ2n) is 3.54. The molecule has 1 aliphatic rings. The molecule has 0 fully saturated rings. The van der Waals surface area contributed by atoms with Crippen LogP contribution in [0.4, 0.5) is 0 Å². The Labute approximate surface area is 83.9 Å². The summed E-state index contributed by atoms with van der Waals surface area (Å²) < 4.78 is 33.7. The van der Waals surface area contributed by atoms with E-state index in [4.69, 9.17) is 4.55 Å². The third-order valence-electron chi connectivity index (χ3n) is 1.64. The molecule has 0 radical (unpaired) electrons. The van der Waals surface area contributed by atoms with Gasteiger partial charge in [-0.1, -0.05) is 17.9 Å². The molecule has 0 atom stereocenters. The Morgan fingerprint density at radius 3 is 2.50 bits per heavy atom. The average molecular weight is 216 g/mol. The molecule has 4 nitrogen and oxygen atoms in total. The van der Waals surface area contributed by atoms with Gasteiger partial charge in [0, 0.05) is 0 Å². The largest absolute Gasteiger partial charge is 0.398 e. The van der Waals surface area contributed by atoms with Crippen LogP contribution in [-0.2, 0) is 14.6 Å². The molecule has 0 unspecified atom stereocenters. The van der Waals surface area contributed by atoms with Crippen molar-refractivity contribution < 1.29 is 17.2 Å². The predicted octanol–water partition coefficient (Wildman–Crippen LogP) is 1.31. The van der Waals surface area contributed by atoms with E-state index in [1.54, 1.807) is 0 Å². The molecule has 0 aromatic heterocycles. The number of allylic oxidation sites excluding steroid dienone is 2. The zero-order valence-corrected chi connectivity index (χ0v) is 8.89. The van der Waals surface area contributed by atoms with Crippen LogP contribution in [0.15, 0.2) is 11.6 Å². The van der Waals surface area contributed by atoms with Gasteiger partial charge in [0.05, 0.1) is 0 Å². The molecular weight excluding hydrogens is 204 g/mol.